The molecule has 2 atom stereocenters. The van der Waals surface area contributed by atoms with Gasteiger partial charge in [-0.1, -0.05) is 195 Å². The Morgan fingerprint density at radius 3 is 1.18 bits per heavy atom. The SMILES string of the molecule is CC1(c2ccc(-c3nc(-c4ccccc4)nc(-c4ccccc4)n3)cc2)C=CC=C(c2ccccc2-c2nc(-c3ccccc3)nc(-c3ccccc3)n2)C1C#N. The van der Waals surface area contributed by atoms with E-state index in [2.05, 4.69) is 43.3 Å². The number of benzene rings is 6. The average molecular weight is 734 g/mol. The Hall–Kier alpha value is -7.69. The van der Waals surface area contributed by atoms with Crippen molar-refractivity contribution in [1.29, 1.82) is 5.26 Å². The minimum absolute atomic E-state index is 0.523. The Morgan fingerprint density at radius 1 is 0.421 bits per heavy atom. The molecule has 57 heavy (non-hydrogen) atoms. The summed E-state index contributed by atoms with van der Waals surface area (Å²) < 4.78 is 0. The largest absolute Gasteiger partial charge is 0.208 e. The van der Waals surface area contributed by atoms with E-state index in [0.717, 1.165) is 50.1 Å². The fourth-order valence-corrected chi connectivity index (χ4v) is 7.35. The third-order valence-electron chi connectivity index (χ3n) is 10.4. The molecule has 7 nitrogen and oxygen atoms in total. The fraction of sp³-hybridized carbons (Fsp3) is 0.0600. The highest BCUT2D eigenvalue weighted by Gasteiger charge is 2.39. The van der Waals surface area contributed by atoms with Crippen molar-refractivity contribution in [3.05, 3.63) is 199 Å². The van der Waals surface area contributed by atoms with Crippen molar-refractivity contribution in [2.45, 2.75) is 12.3 Å². The van der Waals surface area contributed by atoms with E-state index in [0.29, 0.717) is 34.9 Å². The van der Waals surface area contributed by atoms with Crippen molar-refractivity contribution in [3.63, 3.8) is 0 Å². The zero-order chi connectivity index (χ0) is 38.6. The standard InChI is InChI=1S/C50H35N7/c1-50(39-30-28-38(29-31-39)48-53-44(34-17-6-2-7-18-34)52-45(54-48)35-19-8-3-9-20-35)32-16-27-41(43(50)33-51)40-25-14-15-26-42(40)49-56-46(36-21-10-4-11-22-36)55-47(57-49)37-23-12-5-13-24-37/h2-32,43H,1H3. The molecule has 2 heterocycles. The van der Waals surface area contributed by atoms with Crippen LogP contribution >= 0.6 is 0 Å². The predicted molar refractivity (Wildman–Crippen MR) is 226 cm³/mol. The van der Waals surface area contributed by atoms with Crippen molar-refractivity contribution in [3.8, 4) is 74.4 Å². The van der Waals surface area contributed by atoms with Crippen LogP contribution in [0.2, 0.25) is 0 Å². The van der Waals surface area contributed by atoms with Gasteiger partial charge in [-0.3, -0.25) is 0 Å². The summed E-state index contributed by atoms with van der Waals surface area (Å²) in [7, 11) is 0. The molecule has 1 aliphatic rings. The first kappa shape index (κ1) is 35.0. The molecule has 0 aliphatic heterocycles. The second kappa shape index (κ2) is 15.2. The topological polar surface area (TPSA) is 101 Å². The molecule has 1 aliphatic carbocycles. The second-order valence-corrected chi connectivity index (χ2v) is 14.0. The van der Waals surface area contributed by atoms with Gasteiger partial charge in [0.25, 0.3) is 0 Å². The van der Waals surface area contributed by atoms with Crippen LogP contribution < -0.4 is 0 Å². The maximum absolute atomic E-state index is 11.0. The quantitative estimate of drug-likeness (QED) is 0.153. The highest BCUT2D eigenvalue weighted by atomic mass is 15.0. The lowest BCUT2D eigenvalue weighted by Gasteiger charge is -2.36. The molecule has 0 saturated heterocycles. The van der Waals surface area contributed by atoms with Crippen LogP contribution in [-0.2, 0) is 5.41 Å². The molecule has 9 rings (SSSR count). The van der Waals surface area contributed by atoms with Crippen LogP contribution in [0.15, 0.2) is 188 Å². The van der Waals surface area contributed by atoms with Crippen LogP contribution in [0.4, 0.5) is 0 Å². The van der Waals surface area contributed by atoms with Crippen molar-refractivity contribution < 1.29 is 0 Å². The Labute approximate surface area is 331 Å². The Balaban J connectivity index is 1.09. The second-order valence-electron chi connectivity index (χ2n) is 14.0. The molecule has 0 bridgehead atoms. The Morgan fingerprint density at radius 2 is 0.772 bits per heavy atom. The Bertz CT molecular complexity index is 2680. The summed E-state index contributed by atoms with van der Waals surface area (Å²) in [5.74, 6) is 2.97. The molecule has 0 radical (unpaired) electrons. The molecule has 8 aromatic rings. The van der Waals surface area contributed by atoms with E-state index in [1.807, 2.05) is 158 Å². The van der Waals surface area contributed by atoms with Gasteiger partial charge in [-0.15, -0.1) is 0 Å². The molecule has 0 N–H and O–H groups in total. The fourth-order valence-electron chi connectivity index (χ4n) is 7.35. The van der Waals surface area contributed by atoms with Gasteiger partial charge in [0.1, 0.15) is 0 Å². The zero-order valence-electron chi connectivity index (χ0n) is 31.1. The van der Waals surface area contributed by atoms with Gasteiger partial charge >= 0.3 is 0 Å². The van der Waals surface area contributed by atoms with Gasteiger partial charge in [0.15, 0.2) is 34.9 Å². The van der Waals surface area contributed by atoms with E-state index < -0.39 is 11.3 Å². The molecule has 6 aromatic carbocycles. The maximum Gasteiger partial charge on any atom is 0.164 e. The lowest BCUT2D eigenvalue weighted by Crippen LogP contribution is -2.32. The van der Waals surface area contributed by atoms with Crippen LogP contribution in [0.3, 0.4) is 0 Å². The van der Waals surface area contributed by atoms with Gasteiger partial charge in [0, 0.05) is 38.8 Å². The van der Waals surface area contributed by atoms with Gasteiger partial charge in [0.2, 0.25) is 0 Å². The summed E-state index contributed by atoms with van der Waals surface area (Å²) in [6.45, 7) is 2.12. The van der Waals surface area contributed by atoms with Crippen LogP contribution in [0.5, 0.6) is 0 Å². The first-order valence-electron chi connectivity index (χ1n) is 18.8. The number of rotatable bonds is 8. The third-order valence-corrected chi connectivity index (χ3v) is 10.4. The van der Waals surface area contributed by atoms with Crippen LogP contribution in [0.1, 0.15) is 18.1 Å². The molecule has 7 heteroatoms. The maximum atomic E-state index is 11.0. The lowest BCUT2D eigenvalue weighted by molar-refractivity contribution is 0.519. The Kier molecular flexibility index (Phi) is 9.35. The molecule has 0 spiro atoms. The third kappa shape index (κ3) is 6.93. The van der Waals surface area contributed by atoms with Gasteiger partial charge in [0.05, 0.1) is 12.0 Å². The van der Waals surface area contributed by atoms with Gasteiger partial charge in [-0.2, -0.15) is 5.26 Å². The molecular weight excluding hydrogens is 699 g/mol. The number of hydrogen-bond donors (Lipinski definition) is 0. The number of aromatic nitrogens is 6. The van der Waals surface area contributed by atoms with E-state index in [9.17, 15) is 5.26 Å². The number of nitriles is 1. The first-order chi connectivity index (χ1) is 28.1. The highest BCUT2D eigenvalue weighted by molar-refractivity contribution is 5.84. The average Bonchev–Trinajstić information content (AvgIpc) is 3.30. The molecule has 0 fully saturated rings. The summed E-state index contributed by atoms with van der Waals surface area (Å²) in [6.07, 6.45) is 6.22. The van der Waals surface area contributed by atoms with E-state index in [-0.39, 0.29) is 0 Å². The summed E-state index contributed by atoms with van der Waals surface area (Å²) >= 11 is 0. The lowest BCUT2D eigenvalue weighted by atomic mass is 9.65. The van der Waals surface area contributed by atoms with Crippen molar-refractivity contribution in [1.82, 2.24) is 29.9 Å². The minimum atomic E-state index is -0.655. The van der Waals surface area contributed by atoms with Gasteiger partial charge in [-0.25, -0.2) is 29.9 Å². The summed E-state index contributed by atoms with van der Waals surface area (Å²) in [6, 6.07) is 58.8. The zero-order valence-corrected chi connectivity index (χ0v) is 31.1. The van der Waals surface area contributed by atoms with Crippen molar-refractivity contribution >= 4 is 5.57 Å². The van der Waals surface area contributed by atoms with Gasteiger partial charge in [-0.05, 0) is 16.7 Å². The normalized spacial score (nSPS) is 16.1. The van der Waals surface area contributed by atoms with Crippen LogP contribution in [-0.4, -0.2) is 29.9 Å². The van der Waals surface area contributed by atoms with Crippen molar-refractivity contribution in [2.75, 3.05) is 0 Å². The molecule has 270 valence electrons. The smallest absolute Gasteiger partial charge is 0.164 e. The van der Waals surface area contributed by atoms with E-state index in [4.69, 9.17) is 29.9 Å². The summed E-state index contributed by atoms with van der Waals surface area (Å²) in [5, 5.41) is 11.0. The molecule has 2 aromatic heterocycles. The van der Waals surface area contributed by atoms with E-state index in [1.165, 1.54) is 0 Å². The molecule has 0 saturated carbocycles. The summed E-state index contributed by atoms with van der Waals surface area (Å²) in [5.41, 5.74) is 7.42. The minimum Gasteiger partial charge on any atom is -0.208 e. The first-order valence-corrected chi connectivity index (χ1v) is 18.8. The highest BCUT2D eigenvalue weighted by Crippen LogP contribution is 2.46. The summed E-state index contributed by atoms with van der Waals surface area (Å²) in [4.78, 5) is 29.6. The van der Waals surface area contributed by atoms with Crippen LogP contribution in [0, 0.1) is 17.2 Å². The number of nitrogens with zero attached hydrogens (tertiary/aromatic N) is 7. The monoisotopic (exact) mass is 733 g/mol. The molecule has 2 unspecified atom stereocenters. The number of hydrogen-bond acceptors (Lipinski definition) is 7. The van der Waals surface area contributed by atoms with E-state index in [1.54, 1.807) is 0 Å². The number of allylic oxidation sites excluding steroid dienone is 4. The van der Waals surface area contributed by atoms with Crippen LogP contribution in [0.25, 0.3) is 73.9 Å². The molecular formula is C50H35N7. The molecule has 0 amide bonds. The van der Waals surface area contributed by atoms with Gasteiger partial charge < -0.3 is 0 Å². The van der Waals surface area contributed by atoms with E-state index >= 15 is 0 Å². The van der Waals surface area contributed by atoms with Crippen molar-refractivity contribution in [2.24, 2.45) is 5.92 Å². The predicted octanol–water partition coefficient (Wildman–Crippen LogP) is 11.1.